The molecule has 1 amide bonds. The molecule has 1 heterocycles. The first-order valence-electron chi connectivity index (χ1n) is 13.2. The van der Waals surface area contributed by atoms with E-state index in [1.54, 1.807) is 37.4 Å². The molecule has 0 saturated carbocycles. The zero-order chi connectivity index (χ0) is 29.4. The number of carbonyl (C=O) groups is 2. The second kappa shape index (κ2) is 11.1. The molecule has 6 nitrogen and oxygen atoms in total. The predicted octanol–water partition coefficient (Wildman–Crippen LogP) is 6.74. The largest absolute Gasteiger partial charge is 0.507 e. The molecule has 0 bridgehead atoms. The van der Waals surface area contributed by atoms with Crippen molar-refractivity contribution in [3.8, 4) is 5.75 Å². The number of ketones is 1. The molecule has 4 rings (SSSR count). The molecule has 0 spiro atoms. The molecular formula is C32H34F2N2O4. The molecule has 0 aliphatic carbocycles. The number of ether oxygens (including phenoxy) is 1. The molecule has 1 atom stereocenters. The first kappa shape index (κ1) is 28.8. The Morgan fingerprint density at radius 2 is 1.62 bits per heavy atom. The van der Waals surface area contributed by atoms with Crippen LogP contribution in [0.25, 0.3) is 5.76 Å². The molecule has 1 saturated heterocycles. The molecule has 210 valence electrons. The number of hydrogen-bond acceptors (Lipinski definition) is 5. The second-order valence-corrected chi connectivity index (χ2v) is 10.7. The molecule has 0 radical (unpaired) electrons. The maximum Gasteiger partial charge on any atom is 0.300 e. The Bertz CT molecular complexity index is 1470. The Labute approximate surface area is 233 Å². The Morgan fingerprint density at radius 3 is 2.17 bits per heavy atom. The zero-order valence-corrected chi connectivity index (χ0v) is 23.6. The minimum absolute atomic E-state index is 0.186. The number of methoxy groups -OCH3 is 1. The van der Waals surface area contributed by atoms with Gasteiger partial charge in [0, 0.05) is 36.0 Å². The summed E-state index contributed by atoms with van der Waals surface area (Å²) in [5.74, 6) is -3.57. The molecule has 1 aliphatic rings. The van der Waals surface area contributed by atoms with Gasteiger partial charge in [-0.15, -0.1) is 0 Å². The number of carbonyl (C=O) groups excluding carboxylic acids is 2. The fourth-order valence-corrected chi connectivity index (χ4v) is 5.13. The predicted molar refractivity (Wildman–Crippen MR) is 153 cm³/mol. The fourth-order valence-electron chi connectivity index (χ4n) is 5.13. The smallest absolute Gasteiger partial charge is 0.300 e. The third-order valence-electron chi connectivity index (χ3n) is 7.23. The van der Waals surface area contributed by atoms with Crippen LogP contribution in [-0.2, 0) is 15.0 Å². The molecule has 0 aromatic heterocycles. The Balaban J connectivity index is 1.96. The van der Waals surface area contributed by atoms with Gasteiger partial charge in [-0.25, -0.2) is 8.78 Å². The summed E-state index contributed by atoms with van der Waals surface area (Å²) in [6.45, 7) is 11.6. The number of benzene rings is 3. The van der Waals surface area contributed by atoms with Gasteiger partial charge in [-0.2, -0.15) is 0 Å². The lowest BCUT2D eigenvalue weighted by Crippen LogP contribution is -2.30. The van der Waals surface area contributed by atoms with E-state index in [0.29, 0.717) is 22.9 Å². The fraction of sp³-hybridized carbons (Fsp3) is 0.312. The lowest BCUT2D eigenvalue weighted by molar-refractivity contribution is -0.132. The molecule has 40 heavy (non-hydrogen) atoms. The van der Waals surface area contributed by atoms with Crippen LogP contribution in [0.1, 0.15) is 57.4 Å². The Morgan fingerprint density at radius 1 is 0.975 bits per heavy atom. The second-order valence-electron chi connectivity index (χ2n) is 10.7. The van der Waals surface area contributed by atoms with Crippen molar-refractivity contribution in [1.82, 2.24) is 0 Å². The van der Waals surface area contributed by atoms with Crippen LogP contribution in [0, 0.1) is 11.6 Å². The van der Waals surface area contributed by atoms with E-state index in [-0.39, 0.29) is 16.7 Å². The minimum atomic E-state index is -1.15. The van der Waals surface area contributed by atoms with E-state index in [0.717, 1.165) is 41.4 Å². The number of nitrogens with zero attached hydrogens (tertiary/aromatic N) is 2. The van der Waals surface area contributed by atoms with E-state index in [2.05, 4.69) is 4.90 Å². The lowest BCUT2D eigenvalue weighted by Gasteiger charge is -2.27. The van der Waals surface area contributed by atoms with Gasteiger partial charge in [0.25, 0.3) is 11.7 Å². The number of rotatable bonds is 7. The number of aliphatic hydroxyl groups is 1. The number of Topliss-reactive ketones (excluding diaryl/α,β-unsaturated/α-hetero) is 1. The van der Waals surface area contributed by atoms with Crippen molar-refractivity contribution in [3.05, 3.63) is 94.6 Å². The van der Waals surface area contributed by atoms with Crippen LogP contribution in [-0.4, -0.2) is 37.0 Å². The third kappa shape index (κ3) is 5.18. The molecule has 1 unspecified atom stereocenters. The summed E-state index contributed by atoms with van der Waals surface area (Å²) in [5, 5.41) is 11.6. The van der Waals surface area contributed by atoms with Crippen LogP contribution >= 0.6 is 0 Å². The maximum atomic E-state index is 15.0. The quantitative estimate of drug-likeness (QED) is 0.201. The van der Waals surface area contributed by atoms with Crippen molar-refractivity contribution >= 4 is 28.8 Å². The number of halogens is 2. The first-order valence-corrected chi connectivity index (χ1v) is 13.2. The van der Waals surface area contributed by atoms with E-state index < -0.39 is 35.1 Å². The standard InChI is InChI=1S/C32H34F2N2O4/c1-7-35(8-2)22-13-9-19(10-14-22)28-27(29(37)20-11-16-26(40-6)23(17-20)32(3,4)5)30(38)31(39)36(28)25-15-12-21(33)18-24(25)34/h9-18,28,37H,7-8H2,1-6H3/b29-27-. The van der Waals surface area contributed by atoms with Gasteiger partial charge in [0.2, 0.25) is 0 Å². The summed E-state index contributed by atoms with van der Waals surface area (Å²) in [4.78, 5) is 30.0. The van der Waals surface area contributed by atoms with Crippen LogP contribution in [0.3, 0.4) is 0 Å². The highest BCUT2D eigenvalue weighted by Crippen LogP contribution is 2.44. The monoisotopic (exact) mass is 548 g/mol. The van der Waals surface area contributed by atoms with E-state index in [1.165, 1.54) is 0 Å². The highest BCUT2D eigenvalue weighted by Gasteiger charge is 2.48. The van der Waals surface area contributed by atoms with Crippen molar-refractivity contribution in [3.63, 3.8) is 0 Å². The van der Waals surface area contributed by atoms with Crippen molar-refractivity contribution in [2.45, 2.75) is 46.1 Å². The van der Waals surface area contributed by atoms with E-state index >= 15 is 4.39 Å². The summed E-state index contributed by atoms with van der Waals surface area (Å²) in [7, 11) is 1.55. The van der Waals surface area contributed by atoms with Gasteiger partial charge in [-0.1, -0.05) is 32.9 Å². The van der Waals surface area contributed by atoms with Gasteiger partial charge in [-0.05, 0) is 67.3 Å². The molecule has 3 aromatic rings. The van der Waals surface area contributed by atoms with Crippen molar-refractivity contribution in [1.29, 1.82) is 0 Å². The van der Waals surface area contributed by atoms with Gasteiger partial charge in [0.05, 0.1) is 24.4 Å². The molecule has 8 heteroatoms. The van der Waals surface area contributed by atoms with E-state index in [1.807, 2.05) is 46.8 Å². The van der Waals surface area contributed by atoms with Gasteiger partial charge >= 0.3 is 0 Å². The van der Waals surface area contributed by atoms with Crippen LogP contribution in [0.5, 0.6) is 5.75 Å². The van der Waals surface area contributed by atoms with Crippen molar-refractivity contribution < 1.29 is 28.2 Å². The molecule has 1 aliphatic heterocycles. The van der Waals surface area contributed by atoms with Gasteiger partial charge in [0.15, 0.2) is 0 Å². The average molecular weight is 549 g/mol. The van der Waals surface area contributed by atoms with Crippen molar-refractivity contribution in [2.24, 2.45) is 0 Å². The van der Waals surface area contributed by atoms with Crippen LogP contribution in [0.2, 0.25) is 0 Å². The highest BCUT2D eigenvalue weighted by atomic mass is 19.1. The summed E-state index contributed by atoms with van der Waals surface area (Å²) in [6.07, 6.45) is 0. The lowest BCUT2D eigenvalue weighted by atomic mass is 9.84. The number of amides is 1. The SMILES string of the molecule is CCN(CC)c1ccc(C2/C(=C(/O)c3ccc(OC)c(C(C)(C)C)c3)C(=O)C(=O)N2c2ccc(F)cc2F)cc1. The maximum absolute atomic E-state index is 15.0. The molecule has 1 N–H and O–H groups in total. The van der Waals surface area contributed by atoms with Crippen molar-refractivity contribution in [2.75, 3.05) is 30.0 Å². The molecule has 1 fully saturated rings. The van der Waals surface area contributed by atoms with Gasteiger partial charge < -0.3 is 14.7 Å². The van der Waals surface area contributed by atoms with Crippen LogP contribution in [0.4, 0.5) is 20.2 Å². The number of anilines is 2. The zero-order valence-electron chi connectivity index (χ0n) is 23.6. The average Bonchev–Trinajstić information content (AvgIpc) is 3.18. The van der Waals surface area contributed by atoms with E-state index in [4.69, 9.17) is 4.74 Å². The van der Waals surface area contributed by atoms with Crippen LogP contribution < -0.4 is 14.5 Å². The van der Waals surface area contributed by atoms with E-state index in [9.17, 15) is 19.1 Å². The van der Waals surface area contributed by atoms with Gasteiger partial charge in [0.1, 0.15) is 23.1 Å². The highest BCUT2D eigenvalue weighted by molar-refractivity contribution is 6.51. The Kier molecular flexibility index (Phi) is 8.00. The summed E-state index contributed by atoms with van der Waals surface area (Å²) in [5.41, 5.74) is 1.73. The third-order valence-corrected chi connectivity index (χ3v) is 7.23. The number of aliphatic hydroxyl groups excluding tert-OH is 1. The summed E-state index contributed by atoms with van der Waals surface area (Å²) in [6, 6.07) is 13.9. The molecular weight excluding hydrogens is 514 g/mol. The van der Waals surface area contributed by atoms with Crippen LogP contribution in [0.15, 0.2) is 66.2 Å². The minimum Gasteiger partial charge on any atom is -0.507 e. The summed E-state index contributed by atoms with van der Waals surface area (Å²) >= 11 is 0. The normalized spacial score (nSPS) is 16.9. The van der Waals surface area contributed by atoms with Gasteiger partial charge in [-0.3, -0.25) is 14.5 Å². The number of hydrogen-bond donors (Lipinski definition) is 1. The molecule has 3 aromatic carbocycles. The topological polar surface area (TPSA) is 70.1 Å². The Hall–Kier alpha value is -4.20. The summed E-state index contributed by atoms with van der Waals surface area (Å²) < 4.78 is 34.3. The first-order chi connectivity index (χ1) is 18.9.